The summed E-state index contributed by atoms with van der Waals surface area (Å²) >= 11 is 0. The third kappa shape index (κ3) is 7.39. The fraction of sp³-hybridized carbons (Fsp3) is 0.136. The van der Waals surface area contributed by atoms with E-state index >= 15 is 0 Å². The van der Waals surface area contributed by atoms with Gasteiger partial charge in [-0.25, -0.2) is 0 Å². The molecule has 7 heteroatoms. The van der Waals surface area contributed by atoms with Gasteiger partial charge >= 0.3 is 0 Å². The van der Waals surface area contributed by atoms with Crippen LogP contribution in [0.15, 0.2) is 167 Å². The van der Waals surface area contributed by atoms with Gasteiger partial charge in [0.05, 0.1) is 26.2 Å². The van der Waals surface area contributed by atoms with Crippen LogP contribution in [0.3, 0.4) is 0 Å². The summed E-state index contributed by atoms with van der Waals surface area (Å²) < 4.78 is 28.3. The minimum atomic E-state index is -0.522. The molecular formula is C44H39NO6. The maximum Gasteiger partial charge on any atom is 0.146 e. The third-order valence-electron chi connectivity index (χ3n) is 9.20. The quantitative estimate of drug-likeness (QED) is 0.115. The average molecular weight is 678 g/mol. The van der Waals surface area contributed by atoms with Gasteiger partial charge in [0.1, 0.15) is 42.0 Å². The van der Waals surface area contributed by atoms with Crippen molar-refractivity contribution in [2.45, 2.75) is 32.2 Å². The Morgan fingerprint density at radius 2 is 0.922 bits per heavy atom. The third-order valence-corrected chi connectivity index (χ3v) is 9.20. The van der Waals surface area contributed by atoms with Crippen LogP contribution in [0.25, 0.3) is 0 Å². The zero-order chi connectivity index (χ0) is 35.0. The topological polar surface area (TPSA) is 77.4 Å². The van der Waals surface area contributed by atoms with Crippen molar-refractivity contribution in [2.75, 3.05) is 12.0 Å². The number of nitrogens with zero attached hydrogens (tertiary/aromatic N) is 1. The zero-order valence-electron chi connectivity index (χ0n) is 28.6. The van der Waals surface area contributed by atoms with Crippen LogP contribution in [0.5, 0.6) is 17.2 Å². The first-order chi connectivity index (χ1) is 25.0. The van der Waals surface area contributed by atoms with Crippen molar-refractivity contribution >= 4 is 17.1 Å². The molecule has 2 heterocycles. The second kappa shape index (κ2) is 15.2. The molecule has 0 aliphatic heterocycles. The summed E-state index contributed by atoms with van der Waals surface area (Å²) in [5, 5.41) is 9.67. The van der Waals surface area contributed by atoms with Crippen molar-refractivity contribution < 1.29 is 28.2 Å². The van der Waals surface area contributed by atoms with Crippen LogP contribution in [0, 0.1) is 0 Å². The van der Waals surface area contributed by atoms with E-state index in [0.29, 0.717) is 13.2 Å². The number of methoxy groups -OCH3 is 1. The van der Waals surface area contributed by atoms with Gasteiger partial charge < -0.3 is 33.1 Å². The molecule has 0 saturated carbocycles. The van der Waals surface area contributed by atoms with E-state index in [1.807, 2.05) is 97.1 Å². The molecule has 0 atom stereocenters. The summed E-state index contributed by atoms with van der Waals surface area (Å²) in [5.41, 5.74) is 6.62. The number of aliphatic hydroxyl groups is 1. The van der Waals surface area contributed by atoms with Crippen LogP contribution in [-0.2, 0) is 25.2 Å². The summed E-state index contributed by atoms with van der Waals surface area (Å²) in [6, 6.07) is 48.7. The largest absolute Gasteiger partial charge is 0.497 e. The second-order valence-corrected chi connectivity index (χ2v) is 12.3. The van der Waals surface area contributed by atoms with E-state index in [1.165, 1.54) is 0 Å². The van der Waals surface area contributed by atoms with Crippen LogP contribution in [0.2, 0.25) is 0 Å². The first kappa shape index (κ1) is 33.3. The Bertz CT molecular complexity index is 1960. The Morgan fingerprint density at radius 3 is 1.31 bits per heavy atom. The highest BCUT2D eigenvalue weighted by Crippen LogP contribution is 2.42. The second-order valence-electron chi connectivity index (χ2n) is 12.3. The first-order valence-electron chi connectivity index (χ1n) is 16.8. The van der Waals surface area contributed by atoms with Crippen molar-refractivity contribution in [3.63, 3.8) is 0 Å². The van der Waals surface area contributed by atoms with Gasteiger partial charge in [0.25, 0.3) is 0 Å². The number of hydrogen-bond acceptors (Lipinski definition) is 7. The number of anilines is 3. The van der Waals surface area contributed by atoms with Gasteiger partial charge in [-0.1, -0.05) is 48.5 Å². The molecule has 7 nitrogen and oxygen atoms in total. The van der Waals surface area contributed by atoms with Gasteiger partial charge in [-0.15, -0.1) is 0 Å². The highest BCUT2D eigenvalue weighted by Gasteiger charge is 2.32. The Kier molecular flexibility index (Phi) is 9.90. The van der Waals surface area contributed by atoms with Gasteiger partial charge in [0, 0.05) is 22.5 Å². The van der Waals surface area contributed by atoms with Crippen LogP contribution >= 0.6 is 0 Å². The summed E-state index contributed by atoms with van der Waals surface area (Å²) in [6.07, 6.45) is 3.30. The fourth-order valence-corrected chi connectivity index (χ4v) is 6.24. The van der Waals surface area contributed by atoms with Crippen LogP contribution in [-0.4, -0.2) is 12.2 Å². The highest BCUT2D eigenvalue weighted by atomic mass is 16.5. The molecule has 0 fully saturated rings. The molecule has 0 aliphatic rings. The minimum Gasteiger partial charge on any atom is -0.497 e. The number of hydrogen-bond donors (Lipinski definition) is 1. The summed E-state index contributed by atoms with van der Waals surface area (Å²) in [7, 11) is 1.67. The molecule has 0 amide bonds. The molecule has 51 heavy (non-hydrogen) atoms. The Balaban J connectivity index is 1.23. The predicted octanol–water partition coefficient (Wildman–Crippen LogP) is 10.4. The van der Waals surface area contributed by atoms with E-state index in [9.17, 15) is 5.11 Å². The molecule has 7 rings (SSSR count). The zero-order valence-corrected chi connectivity index (χ0v) is 28.6. The molecule has 0 radical (unpaired) electrons. The number of benzene rings is 5. The molecule has 0 unspecified atom stereocenters. The van der Waals surface area contributed by atoms with Crippen molar-refractivity contribution in [3.8, 4) is 17.2 Å². The smallest absolute Gasteiger partial charge is 0.146 e. The van der Waals surface area contributed by atoms with Crippen molar-refractivity contribution in [3.05, 3.63) is 192 Å². The molecule has 7 aromatic rings. The lowest BCUT2D eigenvalue weighted by molar-refractivity contribution is 0.270. The SMILES string of the molecule is COc1ccc(N(c2ccc(CO)cc2)c2ccc(C(C)(c3ccc(OCc4ccco4)cc3)c3ccc(OCc4ccco4)cc3)cc2)cc1. The standard InChI is InChI=1S/C44H39NO6/c1-44(34-11-21-40(22-12-34)50-30-42-5-3-27-48-42,35-13-23-41(24-14-35)51-31-43-6-4-28-49-43)33-9-17-37(18-10-33)45(36-15-7-32(29-46)8-16-36)38-19-25-39(47-2)26-20-38/h3-28,46H,29-31H2,1-2H3. The van der Waals surface area contributed by atoms with E-state index in [-0.39, 0.29) is 6.61 Å². The number of furan rings is 2. The van der Waals surface area contributed by atoms with Crippen molar-refractivity contribution in [1.29, 1.82) is 0 Å². The number of ether oxygens (including phenoxy) is 3. The van der Waals surface area contributed by atoms with E-state index in [1.54, 1.807) is 19.6 Å². The van der Waals surface area contributed by atoms with E-state index in [0.717, 1.165) is 68.1 Å². The lowest BCUT2D eigenvalue weighted by Crippen LogP contribution is -2.25. The monoisotopic (exact) mass is 677 g/mol. The number of aliphatic hydroxyl groups excluding tert-OH is 1. The molecule has 0 aliphatic carbocycles. The summed E-state index contributed by atoms with van der Waals surface area (Å²) in [5.74, 6) is 3.85. The molecule has 2 aromatic heterocycles. The molecule has 0 spiro atoms. The highest BCUT2D eigenvalue weighted by molar-refractivity contribution is 5.77. The normalized spacial score (nSPS) is 11.3. The Labute approximate surface area is 297 Å². The van der Waals surface area contributed by atoms with Crippen molar-refractivity contribution in [1.82, 2.24) is 0 Å². The van der Waals surface area contributed by atoms with Crippen LogP contribution < -0.4 is 19.1 Å². The molecule has 256 valence electrons. The summed E-state index contributed by atoms with van der Waals surface area (Å²) in [6.45, 7) is 2.95. The van der Waals surface area contributed by atoms with Crippen LogP contribution in [0.1, 0.15) is 40.7 Å². The molecular weight excluding hydrogens is 638 g/mol. The fourth-order valence-electron chi connectivity index (χ4n) is 6.24. The minimum absolute atomic E-state index is 0.00966. The van der Waals surface area contributed by atoms with Gasteiger partial charge in [0.2, 0.25) is 0 Å². The maximum atomic E-state index is 9.67. The molecule has 0 bridgehead atoms. The van der Waals surface area contributed by atoms with Gasteiger partial charge in [-0.05, 0) is 126 Å². The predicted molar refractivity (Wildman–Crippen MR) is 198 cm³/mol. The van der Waals surface area contributed by atoms with Crippen LogP contribution in [0.4, 0.5) is 17.1 Å². The molecule has 1 N–H and O–H groups in total. The Morgan fingerprint density at radius 1 is 0.529 bits per heavy atom. The summed E-state index contributed by atoms with van der Waals surface area (Å²) in [4.78, 5) is 2.19. The van der Waals surface area contributed by atoms with E-state index < -0.39 is 5.41 Å². The molecule has 5 aromatic carbocycles. The maximum absolute atomic E-state index is 9.67. The van der Waals surface area contributed by atoms with E-state index in [2.05, 4.69) is 60.4 Å². The first-order valence-corrected chi connectivity index (χ1v) is 16.8. The van der Waals surface area contributed by atoms with Gasteiger partial charge in [-0.2, -0.15) is 0 Å². The lowest BCUT2D eigenvalue weighted by Gasteiger charge is -2.33. The number of rotatable bonds is 14. The average Bonchev–Trinajstić information content (AvgIpc) is 3.93. The Hall–Kier alpha value is -6.18. The van der Waals surface area contributed by atoms with Gasteiger partial charge in [0.15, 0.2) is 0 Å². The molecule has 0 saturated heterocycles. The van der Waals surface area contributed by atoms with Crippen molar-refractivity contribution in [2.24, 2.45) is 0 Å². The lowest BCUT2D eigenvalue weighted by atomic mass is 9.71. The van der Waals surface area contributed by atoms with Gasteiger partial charge in [-0.3, -0.25) is 0 Å². The van der Waals surface area contributed by atoms with E-state index in [4.69, 9.17) is 23.0 Å².